The highest BCUT2D eigenvalue weighted by Gasteiger charge is 2.35. The normalized spacial score (nSPS) is 20.0. The number of imidazole rings is 1. The van der Waals surface area contributed by atoms with Gasteiger partial charge in [0, 0.05) is 55.2 Å². The summed E-state index contributed by atoms with van der Waals surface area (Å²) < 4.78 is 16.6. The molecule has 1 aromatic carbocycles. The van der Waals surface area contributed by atoms with Crippen molar-refractivity contribution in [3.05, 3.63) is 84.0 Å². The van der Waals surface area contributed by atoms with Crippen LogP contribution < -0.4 is 10.2 Å². The number of aliphatic hydroxyl groups is 1. The number of hydrogen-bond donors (Lipinski definition) is 3. The predicted octanol–water partition coefficient (Wildman–Crippen LogP) is 4.55. The molecule has 9 heteroatoms. The second kappa shape index (κ2) is 8.30. The number of benzene rings is 1. The molecular formula is C27H26FN7O. The minimum Gasteiger partial charge on any atom is -0.391 e. The molecule has 1 aliphatic carbocycles. The van der Waals surface area contributed by atoms with Crippen LogP contribution in [0.2, 0.25) is 0 Å². The summed E-state index contributed by atoms with van der Waals surface area (Å²) >= 11 is 0. The molecule has 8 nitrogen and oxygen atoms in total. The predicted molar refractivity (Wildman–Crippen MR) is 135 cm³/mol. The molecule has 0 spiro atoms. The number of nitrogens with one attached hydrogen (secondary N) is 2. The number of pyridine rings is 1. The number of β-amino-alcohol motifs (C(OH)–C–C–N with tert-alkyl or cyclic N) is 1. The molecule has 0 amide bonds. The van der Waals surface area contributed by atoms with Crippen molar-refractivity contribution in [3.63, 3.8) is 0 Å². The van der Waals surface area contributed by atoms with Gasteiger partial charge in [0.25, 0.3) is 0 Å². The zero-order valence-electron chi connectivity index (χ0n) is 19.6. The largest absolute Gasteiger partial charge is 0.391 e. The van der Waals surface area contributed by atoms with Gasteiger partial charge in [0.15, 0.2) is 0 Å². The Hall–Kier alpha value is -3.98. The van der Waals surface area contributed by atoms with Gasteiger partial charge < -0.3 is 24.7 Å². The van der Waals surface area contributed by atoms with E-state index in [0.29, 0.717) is 42.6 Å². The number of aromatic nitrogens is 5. The molecule has 182 valence electrons. The number of aromatic amines is 1. The van der Waals surface area contributed by atoms with E-state index >= 15 is 0 Å². The van der Waals surface area contributed by atoms with Gasteiger partial charge in [-0.05, 0) is 54.0 Å². The van der Waals surface area contributed by atoms with Crippen LogP contribution in [0, 0.1) is 5.82 Å². The average molecular weight is 484 g/mol. The van der Waals surface area contributed by atoms with E-state index in [2.05, 4.69) is 54.1 Å². The van der Waals surface area contributed by atoms with Crippen molar-refractivity contribution < 1.29 is 9.50 Å². The maximum Gasteiger partial charge on any atom is 0.137 e. The summed E-state index contributed by atoms with van der Waals surface area (Å²) in [5, 5.41) is 14.7. The van der Waals surface area contributed by atoms with Gasteiger partial charge in [-0.2, -0.15) is 0 Å². The molecule has 1 saturated heterocycles. The third-order valence-corrected chi connectivity index (χ3v) is 7.29. The molecule has 2 fully saturated rings. The van der Waals surface area contributed by atoms with Gasteiger partial charge >= 0.3 is 0 Å². The van der Waals surface area contributed by atoms with Crippen LogP contribution in [0.1, 0.15) is 48.0 Å². The van der Waals surface area contributed by atoms with Gasteiger partial charge in [-0.3, -0.25) is 0 Å². The van der Waals surface area contributed by atoms with Crippen LogP contribution in [0.25, 0.3) is 16.6 Å². The van der Waals surface area contributed by atoms with Crippen LogP contribution in [0.15, 0.2) is 61.3 Å². The lowest BCUT2D eigenvalue weighted by atomic mass is 10.1. The van der Waals surface area contributed by atoms with Gasteiger partial charge in [-0.15, -0.1) is 0 Å². The molecule has 1 unspecified atom stereocenters. The summed E-state index contributed by atoms with van der Waals surface area (Å²) in [6.45, 7) is 0.756. The number of hydrogen-bond acceptors (Lipinski definition) is 6. The van der Waals surface area contributed by atoms with Crippen LogP contribution in [0.4, 0.5) is 16.0 Å². The first kappa shape index (κ1) is 21.3. The fourth-order valence-corrected chi connectivity index (χ4v) is 5.24. The minimum atomic E-state index is -0.476. The fourth-order valence-electron chi connectivity index (χ4n) is 5.24. The van der Waals surface area contributed by atoms with E-state index in [1.165, 1.54) is 30.8 Å². The van der Waals surface area contributed by atoms with Crippen LogP contribution in [-0.2, 0) is 6.54 Å². The summed E-state index contributed by atoms with van der Waals surface area (Å²) in [7, 11) is 0. The van der Waals surface area contributed by atoms with Crippen LogP contribution in [-0.4, -0.2) is 42.1 Å². The molecule has 5 aromatic rings. The fraction of sp³-hybridized carbons (Fsp3) is 0.296. The van der Waals surface area contributed by atoms with Crippen molar-refractivity contribution in [2.24, 2.45) is 0 Å². The standard InChI is InChI=1S/C27H26FN7O/c28-21-9-22-17(5-6-29-22)7-19(21)11-30-25-10-27(32-15-31-25)35-13-20(36)8-24(35)23-14-34-12-18(16-1-2-16)3-4-26(34)33-23/h3-7,9-10,12,14-16,20,24,29,36H,1-2,8,11,13H2,(H,30,31,32)/t20-,24?/m1/s1. The zero-order valence-corrected chi connectivity index (χ0v) is 19.6. The van der Waals surface area contributed by atoms with Crippen LogP contribution in [0.3, 0.4) is 0 Å². The van der Waals surface area contributed by atoms with Crippen molar-refractivity contribution in [2.75, 3.05) is 16.8 Å². The quantitative estimate of drug-likeness (QED) is 0.328. The van der Waals surface area contributed by atoms with E-state index in [-0.39, 0.29) is 11.9 Å². The molecule has 4 aromatic heterocycles. The van der Waals surface area contributed by atoms with E-state index in [9.17, 15) is 9.50 Å². The third-order valence-electron chi connectivity index (χ3n) is 7.29. The highest BCUT2D eigenvalue weighted by molar-refractivity contribution is 5.80. The Morgan fingerprint density at radius 2 is 2.03 bits per heavy atom. The number of rotatable bonds is 6. The number of H-pyrrole nitrogens is 1. The van der Waals surface area contributed by atoms with Gasteiger partial charge in [0.05, 0.1) is 17.8 Å². The van der Waals surface area contributed by atoms with Crippen molar-refractivity contribution in [1.82, 2.24) is 24.3 Å². The molecule has 7 rings (SSSR count). The highest BCUT2D eigenvalue weighted by Crippen LogP contribution is 2.40. The lowest BCUT2D eigenvalue weighted by Gasteiger charge is -2.24. The maximum absolute atomic E-state index is 14.5. The molecule has 1 saturated carbocycles. The monoisotopic (exact) mass is 483 g/mol. The second-order valence-corrected chi connectivity index (χ2v) is 9.85. The highest BCUT2D eigenvalue weighted by atomic mass is 19.1. The van der Waals surface area contributed by atoms with E-state index in [1.807, 2.05) is 18.2 Å². The van der Waals surface area contributed by atoms with E-state index in [4.69, 9.17) is 4.98 Å². The Morgan fingerprint density at radius 3 is 2.92 bits per heavy atom. The zero-order chi connectivity index (χ0) is 24.2. The molecule has 2 aliphatic rings. The Morgan fingerprint density at radius 1 is 1.11 bits per heavy atom. The summed E-state index contributed by atoms with van der Waals surface area (Å²) in [5.74, 6) is 1.70. The molecule has 3 N–H and O–H groups in total. The topological polar surface area (TPSA) is 94.4 Å². The van der Waals surface area contributed by atoms with Crippen molar-refractivity contribution >= 4 is 28.2 Å². The van der Waals surface area contributed by atoms with Gasteiger partial charge in [-0.25, -0.2) is 19.3 Å². The third kappa shape index (κ3) is 3.85. The van der Waals surface area contributed by atoms with Gasteiger partial charge in [0.1, 0.15) is 29.4 Å². The number of nitrogens with zero attached hydrogens (tertiary/aromatic N) is 5. The second-order valence-electron chi connectivity index (χ2n) is 9.85. The average Bonchev–Trinajstić information content (AvgIpc) is 3.29. The first-order valence-electron chi connectivity index (χ1n) is 12.4. The van der Waals surface area contributed by atoms with Crippen LogP contribution >= 0.6 is 0 Å². The summed E-state index contributed by atoms with van der Waals surface area (Å²) in [5.41, 5.74) is 4.51. The SMILES string of the molecule is O[C@@H]1CC(c2cn3cc(C4CC4)ccc3n2)N(c2cc(NCc3cc4cc[nH]c4cc3F)ncn2)C1. The number of anilines is 2. The molecule has 2 atom stereocenters. The maximum atomic E-state index is 14.5. The van der Waals surface area contributed by atoms with Gasteiger partial charge in [-0.1, -0.05) is 6.07 Å². The van der Waals surface area contributed by atoms with E-state index in [1.54, 1.807) is 6.20 Å². The van der Waals surface area contributed by atoms with Crippen molar-refractivity contribution in [1.29, 1.82) is 0 Å². The first-order valence-corrected chi connectivity index (χ1v) is 12.4. The molecule has 36 heavy (non-hydrogen) atoms. The Balaban J connectivity index is 1.13. The summed E-state index contributed by atoms with van der Waals surface area (Å²) in [6, 6.07) is 11.3. The molecule has 0 radical (unpaired) electrons. The van der Waals surface area contributed by atoms with E-state index in [0.717, 1.165) is 22.2 Å². The lowest BCUT2D eigenvalue weighted by molar-refractivity contribution is 0.194. The summed E-state index contributed by atoms with van der Waals surface area (Å²) in [6.07, 6.45) is 10.2. The number of aliphatic hydroxyl groups excluding tert-OH is 1. The Labute approximate surface area is 206 Å². The smallest absolute Gasteiger partial charge is 0.137 e. The lowest BCUT2D eigenvalue weighted by Crippen LogP contribution is -2.25. The number of fused-ring (bicyclic) bond motifs is 2. The molecule has 5 heterocycles. The molecule has 0 bridgehead atoms. The Kier molecular flexibility index (Phi) is 4.92. The van der Waals surface area contributed by atoms with Crippen LogP contribution in [0.5, 0.6) is 0 Å². The summed E-state index contributed by atoms with van der Waals surface area (Å²) in [4.78, 5) is 18.8. The Bertz CT molecular complexity index is 1570. The molecular weight excluding hydrogens is 457 g/mol. The first-order chi connectivity index (χ1) is 17.6. The molecule has 1 aliphatic heterocycles. The van der Waals surface area contributed by atoms with E-state index < -0.39 is 6.10 Å². The van der Waals surface area contributed by atoms with Crippen molar-refractivity contribution in [3.8, 4) is 0 Å². The number of halogens is 1. The van der Waals surface area contributed by atoms with Gasteiger partial charge in [0.2, 0.25) is 0 Å². The van der Waals surface area contributed by atoms with Crippen molar-refractivity contribution in [2.45, 2.75) is 43.9 Å². The minimum absolute atomic E-state index is 0.0968.